The van der Waals surface area contributed by atoms with Crippen LogP contribution >= 0.6 is 0 Å². The van der Waals surface area contributed by atoms with Crippen LogP contribution in [-0.2, 0) is 4.79 Å². The number of rotatable bonds is 5. The van der Waals surface area contributed by atoms with E-state index in [4.69, 9.17) is 0 Å². The predicted octanol–water partition coefficient (Wildman–Crippen LogP) is 4.65. The highest BCUT2D eigenvalue weighted by atomic mass is 16.1. The molecule has 0 aliphatic carbocycles. The molecule has 0 saturated carbocycles. The van der Waals surface area contributed by atoms with Gasteiger partial charge >= 0.3 is 0 Å². The number of amides is 1. The van der Waals surface area contributed by atoms with E-state index in [0.717, 1.165) is 22.5 Å². The van der Waals surface area contributed by atoms with E-state index >= 15 is 0 Å². The third-order valence-electron chi connectivity index (χ3n) is 3.89. The average molecular weight is 331 g/mol. The minimum absolute atomic E-state index is 0.152. The van der Waals surface area contributed by atoms with Crippen LogP contribution in [0.1, 0.15) is 30.9 Å². The fourth-order valence-corrected chi connectivity index (χ4v) is 2.61. The Kier molecular flexibility index (Phi) is 5.09. The number of carbonyl (C=O) groups is 1. The lowest BCUT2D eigenvalue weighted by molar-refractivity contribution is -0.111. The van der Waals surface area contributed by atoms with Gasteiger partial charge in [0.15, 0.2) is 0 Å². The van der Waals surface area contributed by atoms with Crippen LogP contribution in [0, 0.1) is 0 Å². The molecule has 0 bridgehead atoms. The van der Waals surface area contributed by atoms with Gasteiger partial charge in [0, 0.05) is 23.5 Å². The molecule has 2 aromatic carbocycles. The highest BCUT2D eigenvalue weighted by Gasteiger charge is 2.07. The van der Waals surface area contributed by atoms with Crippen LogP contribution in [0.3, 0.4) is 0 Å². The first-order valence-corrected chi connectivity index (χ1v) is 8.31. The summed E-state index contributed by atoms with van der Waals surface area (Å²) in [6, 6.07) is 17.7. The van der Waals surface area contributed by atoms with Gasteiger partial charge in [-0.1, -0.05) is 50.2 Å². The van der Waals surface area contributed by atoms with E-state index in [9.17, 15) is 4.79 Å². The molecule has 4 heteroatoms. The van der Waals surface area contributed by atoms with Crippen molar-refractivity contribution in [2.24, 2.45) is 0 Å². The smallest absolute Gasteiger partial charge is 0.248 e. The third kappa shape index (κ3) is 4.23. The maximum absolute atomic E-state index is 12.2. The largest absolute Gasteiger partial charge is 0.322 e. The second-order valence-electron chi connectivity index (χ2n) is 6.12. The molecule has 3 aromatic rings. The molecule has 4 nitrogen and oxygen atoms in total. The Morgan fingerprint density at radius 2 is 1.80 bits per heavy atom. The van der Waals surface area contributed by atoms with Crippen molar-refractivity contribution in [1.82, 2.24) is 9.78 Å². The summed E-state index contributed by atoms with van der Waals surface area (Å²) < 4.78 is 1.78. The second kappa shape index (κ2) is 7.62. The summed E-state index contributed by atoms with van der Waals surface area (Å²) in [7, 11) is 0. The molecule has 1 amide bonds. The van der Waals surface area contributed by atoms with E-state index in [2.05, 4.69) is 24.3 Å². The monoisotopic (exact) mass is 331 g/mol. The Labute approximate surface area is 147 Å². The third-order valence-corrected chi connectivity index (χ3v) is 3.89. The van der Waals surface area contributed by atoms with Crippen molar-refractivity contribution in [1.29, 1.82) is 0 Å². The van der Waals surface area contributed by atoms with Gasteiger partial charge in [-0.2, -0.15) is 5.10 Å². The summed E-state index contributed by atoms with van der Waals surface area (Å²) in [5.41, 5.74) is 3.84. The average Bonchev–Trinajstić information content (AvgIpc) is 3.10. The van der Waals surface area contributed by atoms with Crippen molar-refractivity contribution >= 4 is 17.7 Å². The lowest BCUT2D eigenvalue weighted by Gasteiger charge is -2.12. The van der Waals surface area contributed by atoms with E-state index in [1.807, 2.05) is 60.8 Å². The zero-order valence-corrected chi connectivity index (χ0v) is 14.4. The van der Waals surface area contributed by atoms with Crippen molar-refractivity contribution in [2.45, 2.75) is 19.8 Å². The van der Waals surface area contributed by atoms with Gasteiger partial charge in [0.05, 0.1) is 11.9 Å². The van der Waals surface area contributed by atoms with E-state index in [0.29, 0.717) is 5.92 Å². The molecule has 25 heavy (non-hydrogen) atoms. The number of para-hydroxylation sites is 2. The van der Waals surface area contributed by atoms with Gasteiger partial charge in [-0.3, -0.25) is 4.79 Å². The van der Waals surface area contributed by atoms with Gasteiger partial charge in [0.1, 0.15) is 0 Å². The van der Waals surface area contributed by atoms with Crippen LogP contribution in [0.5, 0.6) is 0 Å². The number of nitrogens with zero attached hydrogens (tertiary/aromatic N) is 2. The van der Waals surface area contributed by atoms with E-state index in [1.165, 1.54) is 6.08 Å². The Hall–Kier alpha value is -3.14. The van der Waals surface area contributed by atoms with Crippen molar-refractivity contribution in [2.75, 3.05) is 5.32 Å². The molecule has 0 aliphatic rings. The molecular formula is C21H21N3O. The Balaban J connectivity index is 1.69. The Morgan fingerprint density at radius 3 is 2.56 bits per heavy atom. The first kappa shape index (κ1) is 16.7. The molecule has 0 aliphatic heterocycles. The zero-order chi connectivity index (χ0) is 17.6. The first-order chi connectivity index (χ1) is 12.1. The van der Waals surface area contributed by atoms with Gasteiger partial charge in [0.25, 0.3) is 0 Å². The van der Waals surface area contributed by atoms with Crippen LogP contribution in [0.15, 0.2) is 73.1 Å². The molecule has 0 saturated heterocycles. The van der Waals surface area contributed by atoms with Crippen LogP contribution in [0.2, 0.25) is 0 Å². The normalized spacial score (nSPS) is 11.2. The minimum atomic E-state index is -0.152. The molecule has 0 spiro atoms. The number of aromatic nitrogens is 2. The molecule has 0 radical (unpaired) electrons. The maximum atomic E-state index is 12.2. The number of benzene rings is 2. The first-order valence-electron chi connectivity index (χ1n) is 8.31. The van der Waals surface area contributed by atoms with Crippen molar-refractivity contribution in [3.05, 3.63) is 84.2 Å². The minimum Gasteiger partial charge on any atom is -0.322 e. The highest BCUT2D eigenvalue weighted by Crippen LogP contribution is 2.23. The van der Waals surface area contributed by atoms with Crippen molar-refractivity contribution in [3.8, 4) is 5.69 Å². The Morgan fingerprint density at radius 1 is 1.08 bits per heavy atom. The molecule has 0 atom stereocenters. The van der Waals surface area contributed by atoms with Gasteiger partial charge < -0.3 is 5.32 Å². The standard InChI is InChI=1S/C21H21N3O/c1-16(2)19-10-6-7-11-20(19)23-21(25)13-12-17-14-22-24(15-17)18-8-4-3-5-9-18/h3-16H,1-2H3,(H,23,25)/b13-12+. The number of hydrogen-bond acceptors (Lipinski definition) is 2. The van der Waals surface area contributed by atoms with E-state index in [1.54, 1.807) is 17.0 Å². The summed E-state index contributed by atoms with van der Waals surface area (Å²) in [4.78, 5) is 12.2. The van der Waals surface area contributed by atoms with Crippen LogP contribution in [0.4, 0.5) is 5.69 Å². The van der Waals surface area contributed by atoms with Gasteiger partial charge in [-0.25, -0.2) is 4.68 Å². The maximum Gasteiger partial charge on any atom is 0.248 e. The van der Waals surface area contributed by atoms with E-state index < -0.39 is 0 Å². The molecule has 0 unspecified atom stereocenters. The fourth-order valence-electron chi connectivity index (χ4n) is 2.61. The summed E-state index contributed by atoms with van der Waals surface area (Å²) in [6.45, 7) is 4.22. The highest BCUT2D eigenvalue weighted by molar-refractivity contribution is 6.02. The quantitative estimate of drug-likeness (QED) is 0.692. The number of anilines is 1. The summed E-state index contributed by atoms with van der Waals surface area (Å²) >= 11 is 0. The molecule has 1 heterocycles. The van der Waals surface area contributed by atoms with E-state index in [-0.39, 0.29) is 5.91 Å². The van der Waals surface area contributed by atoms with Gasteiger partial charge in [-0.15, -0.1) is 0 Å². The number of nitrogens with one attached hydrogen (secondary N) is 1. The summed E-state index contributed by atoms with van der Waals surface area (Å²) in [5.74, 6) is 0.199. The number of carbonyl (C=O) groups excluding carboxylic acids is 1. The molecule has 1 aromatic heterocycles. The topological polar surface area (TPSA) is 46.9 Å². The lowest BCUT2D eigenvalue weighted by Crippen LogP contribution is -2.10. The summed E-state index contributed by atoms with van der Waals surface area (Å²) in [6.07, 6.45) is 6.92. The lowest BCUT2D eigenvalue weighted by atomic mass is 10.0. The zero-order valence-electron chi connectivity index (χ0n) is 14.4. The molecular weight excluding hydrogens is 310 g/mol. The molecule has 3 rings (SSSR count). The molecule has 0 fully saturated rings. The van der Waals surface area contributed by atoms with Gasteiger partial charge in [0.2, 0.25) is 5.91 Å². The van der Waals surface area contributed by atoms with Crippen molar-refractivity contribution < 1.29 is 4.79 Å². The SMILES string of the molecule is CC(C)c1ccccc1NC(=O)/C=C/c1cnn(-c2ccccc2)c1. The van der Waals surface area contributed by atoms with Crippen molar-refractivity contribution in [3.63, 3.8) is 0 Å². The fraction of sp³-hybridized carbons (Fsp3) is 0.143. The Bertz CT molecular complexity index is 879. The van der Waals surface area contributed by atoms with Crippen LogP contribution in [-0.4, -0.2) is 15.7 Å². The van der Waals surface area contributed by atoms with Gasteiger partial charge in [-0.05, 0) is 35.8 Å². The van der Waals surface area contributed by atoms with Crippen LogP contribution in [0.25, 0.3) is 11.8 Å². The summed E-state index contributed by atoms with van der Waals surface area (Å²) in [5, 5.41) is 7.27. The predicted molar refractivity (Wildman–Crippen MR) is 102 cm³/mol. The number of hydrogen-bond donors (Lipinski definition) is 1. The molecule has 126 valence electrons. The van der Waals surface area contributed by atoms with Crippen LogP contribution < -0.4 is 5.32 Å². The second-order valence-corrected chi connectivity index (χ2v) is 6.12. The molecule has 1 N–H and O–H groups in total.